The molecule has 0 radical (unpaired) electrons. The van der Waals surface area contributed by atoms with Crippen molar-refractivity contribution in [2.75, 3.05) is 6.54 Å². The highest BCUT2D eigenvalue weighted by Gasteiger charge is 2.55. The van der Waals surface area contributed by atoms with E-state index in [1.807, 2.05) is 43.3 Å². The number of urea groups is 1. The number of amides is 3. The van der Waals surface area contributed by atoms with Crippen LogP contribution in [-0.2, 0) is 4.79 Å². The standard InChI is InChI=1S/C25H23F2N3O3/c1-16-14-18-4-2-3-5-20(18)30(16)19-8-6-17(7-9-19)21(31)15-29-22(32)24(28-23(29)33)10-12-25(26,27)13-11-24/h2-9,14H,10-13,15H2,1H3,(H,28,33). The van der Waals surface area contributed by atoms with Crippen molar-refractivity contribution in [3.63, 3.8) is 0 Å². The summed E-state index contributed by atoms with van der Waals surface area (Å²) in [5, 5.41) is 3.68. The van der Waals surface area contributed by atoms with Crippen LogP contribution in [0, 0.1) is 6.92 Å². The maximum Gasteiger partial charge on any atom is 0.325 e. The number of imide groups is 1. The minimum absolute atomic E-state index is 0.131. The highest BCUT2D eigenvalue weighted by Crippen LogP contribution is 2.41. The number of benzene rings is 2. The SMILES string of the molecule is Cc1cc2ccccc2n1-c1ccc(C(=O)CN2C(=O)NC3(CCC(F)(F)CC3)C2=O)cc1. The molecule has 1 aliphatic heterocycles. The Morgan fingerprint density at radius 1 is 1.00 bits per heavy atom. The van der Waals surface area contributed by atoms with Crippen LogP contribution < -0.4 is 5.32 Å². The fourth-order valence-corrected chi connectivity index (χ4v) is 4.87. The molecule has 0 bridgehead atoms. The Morgan fingerprint density at radius 3 is 2.36 bits per heavy atom. The van der Waals surface area contributed by atoms with Crippen molar-refractivity contribution in [2.45, 2.75) is 44.1 Å². The molecule has 2 aliphatic rings. The van der Waals surface area contributed by atoms with Gasteiger partial charge in [0.25, 0.3) is 5.91 Å². The topological polar surface area (TPSA) is 71.4 Å². The van der Waals surface area contributed by atoms with Crippen molar-refractivity contribution in [1.82, 2.24) is 14.8 Å². The summed E-state index contributed by atoms with van der Waals surface area (Å²) in [7, 11) is 0. The molecule has 2 heterocycles. The fraction of sp³-hybridized carbons (Fsp3) is 0.320. The first-order chi connectivity index (χ1) is 15.7. The summed E-state index contributed by atoms with van der Waals surface area (Å²) in [5.74, 6) is -3.82. The highest BCUT2D eigenvalue weighted by molar-refractivity contribution is 6.11. The molecular weight excluding hydrogens is 428 g/mol. The largest absolute Gasteiger partial charge is 0.325 e. The summed E-state index contributed by atoms with van der Waals surface area (Å²) in [6, 6.07) is 16.4. The molecule has 170 valence electrons. The van der Waals surface area contributed by atoms with Gasteiger partial charge in [-0.05, 0) is 56.2 Å². The van der Waals surface area contributed by atoms with Crippen LogP contribution in [0.25, 0.3) is 16.6 Å². The van der Waals surface area contributed by atoms with Crippen LogP contribution in [0.3, 0.4) is 0 Å². The molecule has 2 aromatic carbocycles. The van der Waals surface area contributed by atoms with Gasteiger partial charge >= 0.3 is 6.03 Å². The van der Waals surface area contributed by atoms with E-state index in [4.69, 9.17) is 0 Å². The van der Waals surface area contributed by atoms with E-state index >= 15 is 0 Å². The zero-order valence-electron chi connectivity index (χ0n) is 18.1. The first kappa shape index (κ1) is 21.3. The third kappa shape index (κ3) is 3.59. The summed E-state index contributed by atoms with van der Waals surface area (Å²) < 4.78 is 29.2. The molecule has 3 amide bonds. The molecule has 1 aromatic heterocycles. The molecule has 8 heteroatoms. The fourth-order valence-electron chi connectivity index (χ4n) is 4.87. The van der Waals surface area contributed by atoms with E-state index in [-0.39, 0.29) is 12.8 Å². The minimum Gasteiger partial charge on any atom is -0.323 e. The molecular formula is C25H23F2N3O3. The van der Waals surface area contributed by atoms with Crippen molar-refractivity contribution in [3.8, 4) is 5.69 Å². The van der Waals surface area contributed by atoms with E-state index < -0.39 is 48.6 Å². The number of hydrogen-bond donors (Lipinski definition) is 1. The molecule has 5 rings (SSSR count). The lowest BCUT2D eigenvalue weighted by Crippen LogP contribution is -2.51. The van der Waals surface area contributed by atoms with E-state index in [1.54, 1.807) is 12.1 Å². The van der Waals surface area contributed by atoms with Crippen LogP contribution in [0.2, 0.25) is 0 Å². The Balaban J connectivity index is 1.33. The third-order valence-corrected chi connectivity index (χ3v) is 6.72. The quantitative estimate of drug-likeness (QED) is 0.465. The van der Waals surface area contributed by atoms with E-state index in [9.17, 15) is 23.2 Å². The molecule has 33 heavy (non-hydrogen) atoms. The molecule has 1 saturated carbocycles. The van der Waals surface area contributed by atoms with Crippen LogP contribution in [0.4, 0.5) is 13.6 Å². The van der Waals surface area contributed by atoms with E-state index in [0.29, 0.717) is 5.56 Å². The molecule has 1 aliphatic carbocycles. The molecule has 1 spiro atoms. The maximum absolute atomic E-state index is 13.5. The number of fused-ring (bicyclic) bond motifs is 1. The second kappa shape index (κ2) is 7.50. The van der Waals surface area contributed by atoms with Gasteiger partial charge in [-0.15, -0.1) is 0 Å². The van der Waals surface area contributed by atoms with Gasteiger partial charge in [0.05, 0.1) is 12.1 Å². The molecule has 1 saturated heterocycles. The Kier molecular flexibility index (Phi) is 4.84. The number of ketones is 1. The van der Waals surface area contributed by atoms with Gasteiger partial charge in [-0.3, -0.25) is 14.5 Å². The summed E-state index contributed by atoms with van der Waals surface area (Å²) in [4.78, 5) is 39.0. The third-order valence-electron chi connectivity index (χ3n) is 6.72. The van der Waals surface area contributed by atoms with Gasteiger partial charge in [0.15, 0.2) is 5.78 Å². The maximum atomic E-state index is 13.5. The lowest BCUT2D eigenvalue weighted by molar-refractivity contribution is -0.135. The van der Waals surface area contributed by atoms with Gasteiger partial charge in [-0.25, -0.2) is 13.6 Å². The summed E-state index contributed by atoms with van der Waals surface area (Å²) in [6.07, 6.45) is -1.19. The zero-order valence-corrected chi connectivity index (χ0v) is 18.1. The summed E-state index contributed by atoms with van der Waals surface area (Å²) >= 11 is 0. The molecule has 3 aromatic rings. The Labute approximate surface area is 189 Å². The Hall–Kier alpha value is -3.55. The second-order valence-corrected chi connectivity index (χ2v) is 8.91. The molecule has 1 N–H and O–H groups in total. The molecule has 2 fully saturated rings. The summed E-state index contributed by atoms with van der Waals surface area (Å²) in [6.45, 7) is 1.58. The number of aryl methyl sites for hydroxylation is 1. The van der Waals surface area contributed by atoms with Crippen LogP contribution >= 0.6 is 0 Å². The first-order valence-corrected chi connectivity index (χ1v) is 10.9. The van der Waals surface area contributed by atoms with Gasteiger partial charge in [0.1, 0.15) is 5.54 Å². The van der Waals surface area contributed by atoms with Crippen molar-refractivity contribution in [1.29, 1.82) is 0 Å². The van der Waals surface area contributed by atoms with Crippen LogP contribution in [0.5, 0.6) is 0 Å². The highest BCUT2D eigenvalue weighted by atomic mass is 19.3. The number of nitrogens with one attached hydrogen (secondary N) is 1. The van der Waals surface area contributed by atoms with Gasteiger partial charge in [0.2, 0.25) is 5.92 Å². The number of hydrogen-bond acceptors (Lipinski definition) is 3. The van der Waals surface area contributed by atoms with Crippen LogP contribution in [-0.4, -0.2) is 45.2 Å². The average Bonchev–Trinajstić information content (AvgIpc) is 3.24. The number of halogens is 2. The van der Waals surface area contributed by atoms with Crippen molar-refractivity contribution in [3.05, 3.63) is 65.9 Å². The number of alkyl halides is 2. The number of Topliss-reactive ketones (excluding diaryl/α,β-unsaturated/α-hetero) is 1. The van der Waals surface area contributed by atoms with Crippen molar-refractivity contribution >= 4 is 28.6 Å². The van der Waals surface area contributed by atoms with Crippen LogP contribution in [0.15, 0.2) is 54.6 Å². The lowest BCUT2D eigenvalue weighted by Gasteiger charge is -2.34. The normalized spacial score (nSPS) is 19.3. The van der Waals surface area contributed by atoms with E-state index in [2.05, 4.69) is 16.0 Å². The van der Waals surface area contributed by atoms with Crippen LogP contribution in [0.1, 0.15) is 41.7 Å². The first-order valence-electron chi connectivity index (χ1n) is 10.9. The Bertz CT molecular complexity index is 1270. The molecule has 6 nitrogen and oxygen atoms in total. The summed E-state index contributed by atoms with van der Waals surface area (Å²) in [5.41, 5.74) is 2.04. The number of carbonyl (C=O) groups is 3. The number of rotatable bonds is 4. The molecule has 0 unspecified atom stereocenters. The predicted octanol–water partition coefficient (Wildman–Crippen LogP) is 4.62. The van der Waals surface area contributed by atoms with Crippen molar-refractivity contribution < 1.29 is 23.2 Å². The minimum atomic E-state index is -2.83. The number of aromatic nitrogens is 1. The number of para-hydroxylation sites is 1. The molecule has 0 atom stereocenters. The zero-order chi connectivity index (χ0) is 23.4. The monoisotopic (exact) mass is 451 g/mol. The van der Waals surface area contributed by atoms with Gasteiger partial charge in [-0.1, -0.05) is 18.2 Å². The second-order valence-electron chi connectivity index (χ2n) is 8.91. The number of carbonyl (C=O) groups excluding carboxylic acids is 3. The predicted molar refractivity (Wildman–Crippen MR) is 119 cm³/mol. The van der Waals surface area contributed by atoms with Gasteiger partial charge < -0.3 is 9.88 Å². The van der Waals surface area contributed by atoms with Gasteiger partial charge in [-0.2, -0.15) is 0 Å². The lowest BCUT2D eigenvalue weighted by atomic mass is 9.80. The van der Waals surface area contributed by atoms with Gasteiger partial charge in [0, 0.05) is 35.2 Å². The number of nitrogens with zero attached hydrogens (tertiary/aromatic N) is 2. The average molecular weight is 451 g/mol. The Morgan fingerprint density at radius 2 is 1.67 bits per heavy atom. The smallest absolute Gasteiger partial charge is 0.323 e. The van der Waals surface area contributed by atoms with E-state index in [0.717, 1.165) is 27.2 Å². The van der Waals surface area contributed by atoms with E-state index in [1.165, 1.54) is 0 Å². The van der Waals surface area contributed by atoms with Crippen molar-refractivity contribution in [2.24, 2.45) is 0 Å².